The Bertz CT molecular complexity index is 964. The first-order valence-electron chi connectivity index (χ1n) is 8.73. The van der Waals surface area contributed by atoms with E-state index in [2.05, 4.69) is 5.32 Å². The van der Waals surface area contributed by atoms with Crippen LogP contribution >= 0.6 is 0 Å². The highest BCUT2D eigenvalue weighted by atomic mass is 16.5. The zero-order chi connectivity index (χ0) is 19.2. The third-order valence-corrected chi connectivity index (χ3v) is 4.22. The lowest BCUT2D eigenvalue weighted by atomic mass is 10.00. The van der Waals surface area contributed by atoms with Gasteiger partial charge in [-0.3, -0.25) is 4.79 Å². The first-order chi connectivity index (χ1) is 13.0. The summed E-state index contributed by atoms with van der Waals surface area (Å²) in [5.74, 6) is -0.891. The molecular formula is C23H21NO3. The summed E-state index contributed by atoms with van der Waals surface area (Å²) in [7, 11) is 0. The fraction of sp³-hybridized carbons (Fsp3) is 0.130. The van der Waals surface area contributed by atoms with Crippen molar-refractivity contribution in [3.8, 4) is 11.1 Å². The quantitative estimate of drug-likeness (QED) is 0.668. The second-order valence-corrected chi connectivity index (χ2v) is 6.35. The Hall–Kier alpha value is -3.40. The van der Waals surface area contributed by atoms with Crippen LogP contribution in [0.3, 0.4) is 0 Å². The van der Waals surface area contributed by atoms with E-state index in [9.17, 15) is 9.59 Å². The van der Waals surface area contributed by atoms with Crippen LogP contribution in [0.15, 0.2) is 72.8 Å². The van der Waals surface area contributed by atoms with Crippen LogP contribution in [0.1, 0.15) is 21.5 Å². The van der Waals surface area contributed by atoms with E-state index in [0.717, 1.165) is 22.3 Å². The van der Waals surface area contributed by atoms with Gasteiger partial charge < -0.3 is 10.1 Å². The number of aryl methyl sites for hydroxylation is 2. The molecular weight excluding hydrogens is 338 g/mol. The molecule has 0 aromatic heterocycles. The number of esters is 1. The monoisotopic (exact) mass is 359 g/mol. The maximum Gasteiger partial charge on any atom is 0.339 e. The van der Waals surface area contributed by atoms with E-state index >= 15 is 0 Å². The molecule has 0 saturated heterocycles. The van der Waals surface area contributed by atoms with E-state index in [1.54, 1.807) is 12.1 Å². The van der Waals surface area contributed by atoms with Crippen molar-refractivity contribution in [3.63, 3.8) is 0 Å². The third-order valence-electron chi connectivity index (χ3n) is 4.22. The first kappa shape index (κ1) is 18.4. The van der Waals surface area contributed by atoms with Gasteiger partial charge in [-0.2, -0.15) is 0 Å². The second kappa shape index (κ2) is 8.32. The number of amides is 1. The Balaban J connectivity index is 1.67. The molecule has 27 heavy (non-hydrogen) atoms. The summed E-state index contributed by atoms with van der Waals surface area (Å²) >= 11 is 0. The van der Waals surface area contributed by atoms with E-state index in [1.807, 2.05) is 74.5 Å². The maximum atomic E-state index is 12.5. The smallest absolute Gasteiger partial charge is 0.339 e. The minimum atomic E-state index is -0.523. The lowest BCUT2D eigenvalue weighted by Crippen LogP contribution is -2.21. The van der Waals surface area contributed by atoms with Crippen LogP contribution < -0.4 is 5.32 Å². The normalized spacial score (nSPS) is 10.3. The predicted molar refractivity (Wildman–Crippen MR) is 107 cm³/mol. The van der Waals surface area contributed by atoms with Crippen LogP contribution in [0.4, 0.5) is 5.69 Å². The number of ether oxygens (including phenoxy) is 1. The number of carbonyl (C=O) groups is 2. The Labute approximate surface area is 158 Å². The van der Waals surface area contributed by atoms with Gasteiger partial charge >= 0.3 is 5.97 Å². The Morgan fingerprint density at radius 3 is 2.33 bits per heavy atom. The molecule has 0 saturated carbocycles. The summed E-state index contributed by atoms with van der Waals surface area (Å²) in [6.45, 7) is 3.57. The number of hydrogen-bond acceptors (Lipinski definition) is 3. The van der Waals surface area contributed by atoms with Gasteiger partial charge in [0.05, 0.1) is 5.56 Å². The number of rotatable bonds is 5. The molecule has 0 aliphatic carbocycles. The van der Waals surface area contributed by atoms with Crippen molar-refractivity contribution in [1.29, 1.82) is 0 Å². The van der Waals surface area contributed by atoms with Gasteiger partial charge in [0.25, 0.3) is 5.91 Å². The lowest BCUT2D eigenvalue weighted by Gasteiger charge is -2.11. The van der Waals surface area contributed by atoms with Gasteiger partial charge in [-0.15, -0.1) is 0 Å². The van der Waals surface area contributed by atoms with Crippen molar-refractivity contribution >= 4 is 17.6 Å². The van der Waals surface area contributed by atoms with Crippen molar-refractivity contribution in [1.82, 2.24) is 0 Å². The van der Waals surface area contributed by atoms with E-state index in [0.29, 0.717) is 11.3 Å². The molecule has 3 aromatic carbocycles. The van der Waals surface area contributed by atoms with Crippen molar-refractivity contribution in [2.75, 3.05) is 11.9 Å². The fourth-order valence-electron chi connectivity index (χ4n) is 2.88. The predicted octanol–water partition coefficient (Wildman–Crippen LogP) is 4.77. The molecule has 0 radical (unpaired) electrons. The molecule has 0 heterocycles. The van der Waals surface area contributed by atoms with E-state index in [1.165, 1.54) is 0 Å². The van der Waals surface area contributed by atoms with Gasteiger partial charge in [0.1, 0.15) is 0 Å². The first-order valence-corrected chi connectivity index (χ1v) is 8.73. The van der Waals surface area contributed by atoms with Gasteiger partial charge in [-0.05, 0) is 42.7 Å². The van der Waals surface area contributed by atoms with Gasteiger partial charge in [-0.25, -0.2) is 4.79 Å². The molecule has 0 bridgehead atoms. The topological polar surface area (TPSA) is 55.4 Å². The minimum Gasteiger partial charge on any atom is -0.452 e. The molecule has 3 rings (SSSR count). The molecule has 1 amide bonds. The second-order valence-electron chi connectivity index (χ2n) is 6.35. The molecule has 4 nitrogen and oxygen atoms in total. The Morgan fingerprint density at radius 1 is 0.889 bits per heavy atom. The number of benzene rings is 3. The van der Waals surface area contributed by atoms with Crippen molar-refractivity contribution in [2.24, 2.45) is 0 Å². The number of nitrogens with one attached hydrogen (secondary N) is 1. The van der Waals surface area contributed by atoms with Gasteiger partial charge in [-0.1, -0.05) is 66.2 Å². The van der Waals surface area contributed by atoms with Crippen molar-refractivity contribution in [3.05, 3.63) is 89.5 Å². The molecule has 0 aliphatic rings. The summed E-state index contributed by atoms with van der Waals surface area (Å²) in [5.41, 5.74) is 4.93. The highest BCUT2D eigenvalue weighted by Crippen LogP contribution is 2.24. The Kier molecular flexibility index (Phi) is 5.67. The average molecular weight is 359 g/mol. The fourth-order valence-corrected chi connectivity index (χ4v) is 2.88. The number of anilines is 1. The maximum absolute atomic E-state index is 12.5. The summed E-state index contributed by atoms with van der Waals surface area (Å²) in [6.07, 6.45) is 0. The Morgan fingerprint density at radius 2 is 1.59 bits per heavy atom. The van der Waals surface area contributed by atoms with Gasteiger partial charge in [0.2, 0.25) is 0 Å². The molecule has 136 valence electrons. The van der Waals surface area contributed by atoms with E-state index < -0.39 is 5.97 Å². The molecule has 3 aromatic rings. The van der Waals surface area contributed by atoms with Crippen molar-refractivity contribution in [2.45, 2.75) is 13.8 Å². The molecule has 0 atom stereocenters. The summed E-state index contributed by atoms with van der Waals surface area (Å²) in [5, 5.41) is 2.77. The molecule has 0 fully saturated rings. The molecule has 1 N–H and O–H groups in total. The standard InChI is InChI=1S/C23H21NO3/c1-16-12-13-21(17(2)14-16)24-22(25)15-27-23(26)20-11-7-6-10-19(20)18-8-4-3-5-9-18/h3-14H,15H2,1-2H3,(H,24,25). The summed E-state index contributed by atoms with van der Waals surface area (Å²) in [4.78, 5) is 24.7. The zero-order valence-electron chi connectivity index (χ0n) is 15.4. The number of carbonyl (C=O) groups excluding carboxylic acids is 2. The lowest BCUT2D eigenvalue weighted by molar-refractivity contribution is -0.119. The van der Waals surface area contributed by atoms with E-state index in [-0.39, 0.29) is 12.5 Å². The van der Waals surface area contributed by atoms with Crippen LogP contribution in [-0.4, -0.2) is 18.5 Å². The minimum absolute atomic E-state index is 0.338. The van der Waals surface area contributed by atoms with Crippen LogP contribution in [0.25, 0.3) is 11.1 Å². The van der Waals surface area contributed by atoms with Crippen LogP contribution in [0.5, 0.6) is 0 Å². The molecule has 4 heteroatoms. The van der Waals surface area contributed by atoms with E-state index in [4.69, 9.17) is 4.74 Å². The SMILES string of the molecule is Cc1ccc(NC(=O)COC(=O)c2ccccc2-c2ccccc2)c(C)c1. The molecule has 0 spiro atoms. The largest absolute Gasteiger partial charge is 0.452 e. The van der Waals surface area contributed by atoms with Crippen molar-refractivity contribution < 1.29 is 14.3 Å². The number of hydrogen-bond donors (Lipinski definition) is 1. The average Bonchev–Trinajstić information content (AvgIpc) is 2.69. The summed E-state index contributed by atoms with van der Waals surface area (Å²) < 4.78 is 5.24. The zero-order valence-corrected chi connectivity index (χ0v) is 15.4. The van der Waals surface area contributed by atoms with Crippen LogP contribution in [-0.2, 0) is 9.53 Å². The van der Waals surface area contributed by atoms with Gasteiger partial charge in [0.15, 0.2) is 6.61 Å². The highest BCUT2D eigenvalue weighted by molar-refractivity contribution is 5.99. The molecule has 0 aliphatic heterocycles. The van der Waals surface area contributed by atoms with Gasteiger partial charge in [0, 0.05) is 5.69 Å². The highest BCUT2D eigenvalue weighted by Gasteiger charge is 2.15. The molecule has 0 unspecified atom stereocenters. The summed E-state index contributed by atoms with van der Waals surface area (Å²) in [6, 6.07) is 22.6. The van der Waals surface area contributed by atoms with Crippen LogP contribution in [0, 0.1) is 13.8 Å². The van der Waals surface area contributed by atoms with Crippen LogP contribution in [0.2, 0.25) is 0 Å². The third kappa shape index (κ3) is 4.61.